The molecule has 0 heterocycles. The molecule has 24 heavy (non-hydrogen) atoms. The summed E-state index contributed by atoms with van der Waals surface area (Å²) in [6.45, 7) is 2.10. The second-order valence-electron chi connectivity index (χ2n) is 7.21. The molecule has 2 fully saturated rings. The van der Waals surface area contributed by atoms with E-state index in [-0.39, 0.29) is 12.2 Å². The summed E-state index contributed by atoms with van der Waals surface area (Å²) in [6.07, 6.45) is 12.2. The van der Waals surface area contributed by atoms with E-state index in [9.17, 15) is 4.57 Å². The Bertz CT molecular complexity index is 536. The summed E-state index contributed by atoms with van der Waals surface area (Å²) in [5.74, 6) is 0. The Kier molecular flexibility index (Phi) is 6.55. The van der Waals surface area contributed by atoms with Gasteiger partial charge in [-0.25, -0.2) is 0 Å². The van der Waals surface area contributed by atoms with E-state index in [0.717, 1.165) is 43.0 Å². The zero-order valence-electron chi connectivity index (χ0n) is 14.9. The lowest BCUT2D eigenvalue weighted by atomic mass is 9.98. The fourth-order valence-electron chi connectivity index (χ4n) is 3.95. The number of rotatable bonds is 6. The van der Waals surface area contributed by atoms with Crippen molar-refractivity contribution in [3.8, 4) is 0 Å². The Morgan fingerprint density at radius 2 is 1.38 bits per heavy atom. The Balaban J connectivity index is 1.85. The molecule has 0 aromatic heterocycles. The Hall–Kier alpha value is -0.630. The maximum atomic E-state index is 13.9. The van der Waals surface area contributed by atoms with Gasteiger partial charge in [0.1, 0.15) is 0 Å². The number of hydrogen-bond acceptors (Lipinski definition) is 3. The molecule has 0 bridgehead atoms. The smallest absolute Gasteiger partial charge is 0.302 e. The first-order chi connectivity index (χ1) is 11.7. The van der Waals surface area contributed by atoms with Gasteiger partial charge in [-0.2, -0.15) is 0 Å². The molecular formula is C20H31O3P. The summed E-state index contributed by atoms with van der Waals surface area (Å²) in [4.78, 5) is 0. The van der Waals surface area contributed by atoms with Crippen LogP contribution < -0.4 is 5.30 Å². The van der Waals surface area contributed by atoms with Crippen molar-refractivity contribution in [3.63, 3.8) is 0 Å². The van der Waals surface area contributed by atoms with Crippen molar-refractivity contribution in [1.29, 1.82) is 0 Å². The van der Waals surface area contributed by atoms with Gasteiger partial charge in [0.2, 0.25) is 0 Å². The molecule has 134 valence electrons. The van der Waals surface area contributed by atoms with Crippen LogP contribution in [0.4, 0.5) is 0 Å². The van der Waals surface area contributed by atoms with Crippen LogP contribution in [0.3, 0.4) is 0 Å². The molecule has 0 amide bonds. The predicted octanol–water partition coefficient (Wildman–Crippen LogP) is 5.77. The molecule has 0 radical (unpaired) electrons. The molecule has 4 heteroatoms. The minimum absolute atomic E-state index is 0.0816. The Morgan fingerprint density at radius 1 is 0.875 bits per heavy atom. The molecule has 2 saturated carbocycles. The topological polar surface area (TPSA) is 35.5 Å². The van der Waals surface area contributed by atoms with Crippen molar-refractivity contribution < 1.29 is 13.6 Å². The van der Waals surface area contributed by atoms with Crippen LogP contribution in [0.15, 0.2) is 24.3 Å². The van der Waals surface area contributed by atoms with Gasteiger partial charge in [-0.05, 0) is 43.7 Å². The van der Waals surface area contributed by atoms with E-state index in [2.05, 4.69) is 13.0 Å². The van der Waals surface area contributed by atoms with E-state index in [1.54, 1.807) is 0 Å². The molecule has 2 aliphatic carbocycles. The highest BCUT2D eigenvalue weighted by atomic mass is 31.2. The first-order valence-corrected chi connectivity index (χ1v) is 11.3. The molecule has 0 spiro atoms. The zero-order valence-corrected chi connectivity index (χ0v) is 15.8. The summed E-state index contributed by atoms with van der Waals surface area (Å²) in [7, 11) is -3.26. The van der Waals surface area contributed by atoms with Gasteiger partial charge in [0.15, 0.2) is 0 Å². The molecule has 0 N–H and O–H groups in total. The summed E-state index contributed by atoms with van der Waals surface area (Å²) < 4.78 is 26.4. The maximum absolute atomic E-state index is 13.9. The van der Waals surface area contributed by atoms with E-state index in [4.69, 9.17) is 9.05 Å². The third-order valence-corrected chi connectivity index (χ3v) is 7.53. The SMILES string of the molecule is CCc1ccccc1P(=O)(OC1CCCCC1)OC1CCCCC1. The summed E-state index contributed by atoms with van der Waals surface area (Å²) in [5.41, 5.74) is 1.09. The maximum Gasteiger partial charge on any atom is 0.362 e. The van der Waals surface area contributed by atoms with Crippen LogP contribution in [0, 0.1) is 0 Å². The highest BCUT2D eigenvalue weighted by molar-refractivity contribution is 7.62. The number of hydrogen-bond donors (Lipinski definition) is 0. The molecule has 0 unspecified atom stereocenters. The third kappa shape index (κ3) is 4.50. The fourth-order valence-corrected chi connectivity index (χ4v) is 6.29. The summed E-state index contributed by atoms with van der Waals surface area (Å²) in [6, 6.07) is 7.96. The monoisotopic (exact) mass is 350 g/mol. The summed E-state index contributed by atoms with van der Waals surface area (Å²) in [5, 5.41) is 0.795. The van der Waals surface area contributed by atoms with Crippen molar-refractivity contribution in [1.82, 2.24) is 0 Å². The Labute approximate surface area is 146 Å². The quantitative estimate of drug-likeness (QED) is 0.611. The van der Waals surface area contributed by atoms with Gasteiger partial charge in [-0.3, -0.25) is 4.57 Å². The van der Waals surface area contributed by atoms with Gasteiger partial charge < -0.3 is 9.05 Å². The van der Waals surface area contributed by atoms with E-state index < -0.39 is 7.60 Å². The van der Waals surface area contributed by atoms with Gasteiger partial charge >= 0.3 is 7.60 Å². The molecular weight excluding hydrogens is 319 g/mol. The average Bonchev–Trinajstić information content (AvgIpc) is 2.63. The standard InChI is InChI=1S/C20H31O3P/c1-2-17-11-9-10-16-20(17)24(21,22-18-12-5-3-6-13-18)23-19-14-7-4-8-15-19/h9-11,16,18-19H,2-8,12-15H2,1H3. The highest BCUT2D eigenvalue weighted by Crippen LogP contribution is 2.53. The lowest BCUT2D eigenvalue weighted by molar-refractivity contribution is 0.0845. The first kappa shape index (κ1) is 18.2. The minimum Gasteiger partial charge on any atom is -0.302 e. The highest BCUT2D eigenvalue weighted by Gasteiger charge is 2.36. The molecule has 0 saturated heterocycles. The van der Waals surface area contributed by atoms with E-state index in [1.165, 1.54) is 38.5 Å². The molecule has 0 atom stereocenters. The van der Waals surface area contributed by atoms with Gasteiger partial charge in [0.05, 0.1) is 17.5 Å². The van der Waals surface area contributed by atoms with Crippen molar-refractivity contribution >= 4 is 12.9 Å². The normalized spacial score (nSPS) is 21.0. The fraction of sp³-hybridized carbons (Fsp3) is 0.700. The van der Waals surface area contributed by atoms with Crippen molar-refractivity contribution in [2.24, 2.45) is 0 Å². The van der Waals surface area contributed by atoms with Crippen molar-refractivity contribution in [2.45, 2.75) is 89.8 Å². The first-order valence-electron chi connectivity index (χ1n) is 9.76. The van der Waals surface area contributed by atoms with Gasteiger partial charge in [-0.15, -0.1) is 0 Å². The summed E-state index contributed by atoms with van der Waals surface area (Å²) >= 11 is 0. The van der Waals surface area contributed by atoms with Crippen LogP contribution in [-0.4, -0.2) is 12.2 Å². The second kappa shape index (κ2) is 8.65. The van der Waals surface area contributed by atoms with Crippen molar-refractivity contribution in [3.05, 3.63) is 29.8 Å². The largest absolute Gasteiger partial charge is 0.362 e. The van der Waals surface area contributed by atoms with E-state index in [0.29, 0.717) is 0 Å². The second-order valence-corrected chi connectivity index (χ2v) is 9.11. The van der Waals surface area contributed by atoms with Gasteiger partial charge in [0, 0.05) is 0 Å². The molecule has 2 aliphatic rings. The zero-order chi connectivity index (χ0) is 16.8. The minimum atomic E-state index is -3.26. The molecule has 1 aromatic carbocycles. The van der Waals surface area contributed by atoms with Crippen LogP contribution in [-0.2, 0) is 20.0 Å². The van der Waals surface area contributed by atoms with Crippen LogP contribution in [0.1, 0.15) is 76.7 Å². The lowest BCUT2D eigenvalue weighted by Crippen LogP contribution is -2.26. The van der Waals surface area contributed by atoms with Crippen molar-refractivity contribution in [2.75, 3.05) is 0 Å². The average molecular weight is 350 g/mol. The molecule has 0 aliphatic heterocycles. The van der Waals surface area contributed by atoms with E-state index in [1.807, 2.05) is 18.2 Å². The van der Waals surface area contributed by atoms with Gasteiger partial charge in [-0.1, -0.05) is 63.6 Å². The van der Waals surface area contributed by atoms with Crippen LogP contribution in [0.2, 0.25) is 0 Å². The predicted molar refractivity (Wildman–Crippen MR) is 99.0 cm³/mol. The Morgan fingerprint density at radius 3 is 1.88 bits per heavy atom. The lowest BCUT2D eigenvalue weighted by Gasteiger charge is -2.32. The molecule has 3 rings (SSSR count). The third-order valence-electron chi connectivity index (χ3n) is 5.35. The number of aryl methyl sites for hydroxylation is 1. The van der Waals surface area contributed by atoms with E-state index >= 15 is 0 Å². The molecule has 3 nitrogen and oxygen atoms in total. The van der Waals surface area contributed by atoms with Crippen LogP contribution in [0.25, 0.3) is 0 Å². The molecule has 1 aromatic rings. The van der Waals surface area contributed by atoms with Gasteiger partial charge in [0.25, 0.3) is 0 Å². The van der Waals surface area contributed by atoms with Crippen LogP contribution >= 0.6 is 7.60 Å². The number of benzene rings is 1. The van der Waals surface area contributed by atoms with Crippen LogP contribution in [0.5, 0.6) is 0 Å².